The van der Waals surface area contributed by atoms with E-state index in [1.54, 1.807) is 13.1 Å². The summed E-state index contributed by atoms with van der Waals surface area (Å²) in [6, 6.07) is 2.85. The Morgan fingerprint density at radius 1 is 1.43 bits per heavy atom. The van der Waals surface area contributed by atoms with Crippen LogP contribution in [-0.4, -0.2) is 37.3 Å². The van der Waals surface area contributed by atoms with Gasteiger partial charge in [-0.25, -0.2) is 4.98 Å². The van der Waals surface area contributed by atoms with Crippen molar-refractivity contribution in [1.29, 1.82) is 0 Å². The lowest BCUT2D eigenvalue weighted by Gasteiger charge is -2.21. The summed E-state index contributed by atoms with van der Waals surface area (Å²) >= 11 is 0. The molecule has 1 aromatic heterocycles. The number of H-pyrrole nitrogens is 1. The Morgan fingerprint density at radius 2 is 2.19 bits per heavy atom. The van der Waals surface area contributed by atoms with E-state index in [-0.39, 0.29) is 17.9 Å². The van der Waals surface area contributed by atoms with Gasteiger partial charge in [0.25, 0.3) is 0 Å². The third-order valence-corrected chi connectivity index (χ3v) is 3.21. The third kappa shape index (κ3) is 3.73. The van der Waals surface area contributed by atoms with E-state index in [1.807, 2.05) is 0 Å². The zero-order valence-corrected chi connectivity index (χ0v) is 11.4. The number of phenols is 2. The first-order valence-electron chi connectivity index (χ1n) is 6.45. The topological polar surface area (TPSA) is 118 Å². The van der Waals surface area contributed by atoms with Crippen molar-refractivity contribution in [2.75, 3.05) is 0 Å². The molecule has 0 spiro atoms. The lowest BCUT2D eigenvalue weighted by atomic mass is 10.0. The number of nitrogens with one attached hydrogen (secondary N) is 2. The first-order chi connectivity index (χ1) is 9.97. The number of phenolic OH excluding ortho intramolecular Hbond substituents is 2. The SMILES string of the molecule is CC(NC(Cc1cnc[nH]1)C(=O)O)c1cc(O)ccc1O. The highest BCUT2D eigenvalue weighted by molar-refractivity contribution is 5.74. The normalized spacial score (nSPS) is 13.8. The number of hydrogen-bond donors (Lipinski definition) is 5. The Morgan fingerprint density at radius 3 is 2.81 bits per heavy atom. The molecule has 1 aromatic carbocycles. The average Bonchev–Trinajstić information content (AvgIpc) is 2.93. The summed E-state index contributed by atoms with van der Waals surface area (Å²) in [5.41, 5.74) is 1.13. The minimum Gasteiger partial charge on any atom is -0.508 e. The highest BCUT2D eigenvalue weighted by atomic mass is 16.4. The maximum Gasteiger partial charge on any atom is 0.321 e. The van der Waals surface area contributed by atoms with Crippen LogP contribution in [0.5, 0.6) is 11.5 Å². The van der Waals surface area contributed by atoms with E-state index in [2.05, 4.69) is 15.3 Å². The second-order valence-electron chi connectivity index (χ2n) is 4.80. The Kier molecular flexibility index (Phi) is 4.44. The fraction of sp³-hybridized carbons (Fsp3) is 0.286. The van der Waals surface area contributed by atoms with Crippen molar-refractivity contribution in [2.24, 2.45) is 0 Å². The van der Waals surface area contributed by atoms with Crippen LogP contribution in [0.2, 0.25) is 0 Å². The van der Waals surface area contributed by atoms with Gasteiger partial charge >= 0.3 is 5.97 Å². The fourth-order valence-electron chi connectivity index (χ4n) is 2.11. The number of carbonyl (C=O) groups is 1. The van der Waals surface area contributed by atoms with Gasteiger partial charge in [0, 0.05) is 29.9 Å². The monoisotopic (exact) mass is 291 g/mol. The number of aliphatic carboxylic acids is 1. The predicted molar refractivity (Wildman–Crippen MR) is 75.0 cm³/mol. The molecule has 0 radical (unpaired) electrons. The summed E-state index contributed by atoms with van der Waals surface area (Å²) in [5.74, 6) is -0.994. The van der Waals surface area contributed by atoms with E-state index in [1.165, 1.54) is 24.5 Å². The number of rotatable bonds is 6. The molecule has 0 saturated carbocycles. The Hall–Kier alpha value is -2.54. The Balaban J connectivity index is 2.12. The molecule has 21 heavy (non-hydrogen) atoms. The smallest absolute Gasteiger partial charge is 0.321 e. The molecule has 2 atom stereocenters. The van der Waals surface area contributed by atoms with Crippen LogP contribution in [0.3, 0.4) is 0 Å². The maximum atomic E-state index is 11.3. The van der Waals surface area contributed by atoms with E-state index in [0.29, 0.717) is 11.3 Å². The second-order valence-corrected chi connectivity index (χ2v) is 4.80. The van der Waals surface area contributed by atoms with Gasteiger partial charge in [0.1, 0.15) is 17.5 Å². The van der Waals surface area contributed by atoms with Gasteiger partial charge in [0.2, 0.25) is 0 Å². The first-order valence-corrected chi connectivity index (χ1v) is 6.45. The zero-order chi connectivity index (χ0) is 15.4. The molecule has 5 N–H and O–H groups in total. The van der Waals surface area contributed by atoms with Crippen molar-refractivity contribution in [1.82, 2.24) is 15.3 Å². The standard InChI is InChI=1S/C14H17N3O4/c1-8(11-5-10(18)2-3-13(11)19)17-12(14(20)21)4-9-6-15-7-16-9/h2-3,5-8,12,17-19H,4H2,1H3,(H,15,16)(H,20,21). The zero-order valence-electron chi connectivity index (χ0n) is 11.4. The molecular weight excluding hydrogens is 274 g/mol. The Bertz CT molecular complexity index is 613. The van der Waals surface area contributed by atoms with Crippen LogP contribution >= 0.6 is 0 Å². The van der Waals surface area contributed by atoms with E-state index >= 15 is 0 Å². The molecule has 7 nitrogen and oxygen atoms in total. The Labute approximate surface area is 121 Å². The molecule has 0 bridgehead atoms. The summed E-state index contributed by atoms with van der Waals surface area (Å²) in [6.45, 7) is 1.72. The van der Waals surface area contributed by atoms with Crippen LogP contribution in [0.15, 0.2) is 30.7 Å². The van der Waals surface area contributed by atoms with E-state index in [4.69, 9.17) is 0 Å². The highest BCUT2D eigenvalue weighted by Gasteiger charge is 2.22. The number of carboxylic acids is 1. The summed E-state index contributed by atoms with van der Waals surface area (Å²) in [4.78, 5) is 18.0. The molecule has 2 unspecified atom stereocenters. The second kappa shape index (κ2) is 6.27. The van der Waals surface area contributed by atoms with Crippen molar-refractivity contribution >= 4 is 5.97 Å². The lowest BCUT2D eigenvalue weighted by Crippen LogP contribution is -2.40. The molecule has 0 aliphatic heterocycles. The van der Waals surface area contributed by atoms with Gasteiger partial charge in [-0.2, -0.15) is 0 Å². The van der Waals surface area contributed by atoms with Gasteiger partial charge in [0.05, 0.1) is 6.33 Å². The quantitative estimate of drug-likeness (QED) is 0.510. The number of carboxylic acid groups (broad SMARTS) is 1. The van der Waals surface area contributed by atoms with Crippen molar-refractivity contribution in [3.05, 3.63) is 42.0 Å². The molecule has 0 aliphatic carbocycles. The van der Waals surface area contributed by atoms with Crippen molar-refractivity contribution < 1.29 is 20.1 Å². The summed E-state index contributed by atoms with van der Waals surface area (Å²) in [7, 11) is 0. The largest absolute Gasteiger partial charge is 0.508 e. The van der Waals surface area contributed by atoms with E-state index in [9.17, 15) is 20.1 Å². The van der Waals surface area contributed by atoms with Crippen LogP contribution < -0.4 is 5.32 Å². The predicted octanol–water partition coefficient (Wildman–Crippen LogP) is 1.17. The molecule has 0 saturated heterocycles. The number of aromatic nitrogens is 2. The first kappa shape index (κ1) is 14.9. The van der Waals surface area contributed by atoms with E-state index < -0.39 is 18.1 Å². The number of aromatic hydroxyl groups is 2. The lowest BCUT2D eigenvalue weighted by molar-refractivity contribution is -0.139. The number of benzene rings is 1. The number of nitrogens with zero attached hydrogens (tertiary/aromatic N) is 1. The average molecular weight is 291 g/mol. The van der Waals surface area contributed by atoms with Gasteiger partial charge in [-0.15, -0.1) is 0 Å². The van der Waals surface area contributed by atoms with Crippen molar-refractivity contribution in [2.45, 2.75) is 25.4 Å². The van der Waals surface area contributed by atoms with Gasteiger partial charge in [0.15, 0.2) is 0 Å². The van der Waals surface area contributed by atoms with E-state index in [0.717, 1.165) is 0 Å². The molecule has 0 aliphatic rings. The van der Waals surface area contributed by atoms with Crippen LogP contribution in [0.1, 0.15) is 24.2 Å². The van der Waals surface area contributed by atoms with Crippen molar-refractivity contribution in [3.8, 4) is 11.5 Å². The van der Waals surface area contributed by atoms with Gasteiger partial charge in [-0.1, -0.05) is 0 Å². The summed E-state index contributed by atoms with van der Waals surface area (Å²) in [5, 5.41) is 31.5. The van der Waals surface area contributed by atoms with Crippen LogP contribution in [-0.2, 0) is 11.2 Å². The van der Waals surface area contributed by atoms with Crippen LogP contribution in [0, 0.1) is 0 Å². The minimum atomic E-state index is -1.00. The van der Waals surface area contributed by atoms with Crippen LogP contribution in [0.25, 0.3) is 0 Å². The van der Waals surface area contributed by atoms with Gasteiger partial charge in [-0.05, 0) is 25.1 Å². The van der Waals surface area contributed by atoms with Crippen LogP contribution in [0.4, 0.5) is 0 Å². The molecular formula is C14H17N3O4. The fourth-order valence-corrected chi connectivity index (χ4v) is 2.11. The molecule has 1 heterocycles. The summed E-state index contributed by atoms with van der Waals surface area (Å²) < 4.78 is 0. The molecule has 112 valence electrons. The third-order valence-electron chi connectivity index (χ3n) is 3.21. The molecule has 2 rings (SSSR count). The molecule has 7 heteroatoms. The van der Waals surface area contributed by atoms with Gasteiger partial charge in [-0.3, -0.25) is 10.1 Å². The summed E-state index contributed by atoms with van der Waals surface area (Å²) in [6.07, 6.45) is 3.28. The van der Waals surface area contributed by atoms with Gasteiger partial charge < -0.3 is 20.3 Å². The molecule has 0 amide bonds. The number of aromatic amines is 1. The number of hydrogen-bond acceptors (Lipinski definition) is 5. The van der Waals surface area contributed by atoms with Crippen molar-refractivity contribution in [3.63, 3.8) is 0 Å². The number of imidazole rings is 1. The maximum absolute atomic E-state index is 11.3. The minimum absolute atomic E-state index is 0.00141. The highest BCUT2D eigenvalue weighted by Crippen LogP contribution is 2.28. The molecule has 2 aromatic rings. The molecule has 0 fully saturated rings.